The van der Waals surface area contributed by atoms with Crippen molar-refractivity contribution in [3.8, 4) is 0 Å². The van der Waals surface area contributed by atoms with E-state index in [0.29, 0.717) is 10.6 Å². The summed E-state index contributed by atoms with van der Waals surface area (Å²) in [5, 5.41) is 6.86. The molecule has 0 saturated carbocycles. The van der Waals surface area contributed by atoms with Crippen LogP contribution >= 0.6 is 27.5 Å². The second kappa shape index (κ2) is 6.55. The summed E-state index contributed by atoms with van der Waals surface area (Å²) in [6.45, 7) is 1.99. The molecule has 1 aromatic rings. The fraction of sp³-hybridized carbons (Fsp3) is 0.462. The highest BCUT2D eigenvalue weighted by Crippen LogP contribution is 2.21. The average Bonchev–Trinajstić information content (AvgIpc) is 2.57. The summed E-state index contributed by atoms with van der Waals surface area (Å²) >= 11 is 9.40. The molecule has 0 spiro atoms. The molecule has 0 bridgehead atoms. The van der Waals surface area contributed by atoms with Crippen LogP contribution in [0.3, 0.4) is 0 Å². The third-order valence-corrected chi connectivity index (χ3v) is 3.89. The Labute approximate surface area is 120 Å². The van der Waals surface area contributed by atoms with Crippen LogP contribution in [0.15, 0.2) is 22.7 Å². The molecule has 1 aliphatic heterocycles. The Morgan fingerprint density at radius 1 is 1.39 bits per heavy atom. The van der Waals surface area contributed by atoms with Crippen molar-refractivity contribution in [3.05, 3.63) is 33.3 Å². The molecule has 1 aliphatic rings. The van der Waals surface area contributed by atoms with Gasteiger partial charge in [-0.3, -0.25) is 4.79 Å². The second-order valence-electron chi connectivity index (χ2n) is 4.48. The van der Waals surface area contributed by atoms with Crippen LogP contribution in [0.1, 0.15) is 29.6 Å². The fourth-order valence-electron chi connectivity index (χ4n) is 2.10. The molecular weight excluding hydrogens is 316 g/mol. The minimum absolute atomic E-state index is 0.0839. The Morgan fingerprint density at radius 2 is 2.22 bits per heavy atom. The molecule has 0 aromatic heterocycles. The van der Waals surface area contributed by atoms with Crippen LogP contribution < -0.4 is 10.6 Å². The van der Waals surface area contributed by atoms with Crippen molar-refractivity contribution in [1.29, 1.82) is 0 Å². The number of hydrogen-bond acceptors (Lipinski definition) is 2. The highest BCUT2D eigenvalue weighted by molar-refractivity contribution is 9.10. The van der Waals surface area contributed by atoms with Crippen LogP contribution in [-0.2, 0) is 0 Å². The topological polar surface area (TPSA) is 41.1 Å². The van der Waals surface area contributed by atoms with Gasteiger partial charge in [-0.2, -0.15) is 0 Å². The van der Waals surface area contributed by atoms with E-state index in [1.165, 1.54) is 0 Å². The smallest absolute Gasteiger partial charge is 0.253 e. The molecular formula is C13H16BrClN2O. The molecule has 1 heterocycles. The first kappa shape index (κ1) is 13.8. The van der Waals surface area contributed by atoms with E-state index in [-0.39, 0.29) is 11.9 Å². The standard InChI is InChI=1S/C13H16BrClN2O/c14-9-3-4-11(12(15)8-9)13(18)17-10-2-1-6-16-7-5-10/h3-4,8,10,16H,1-2,5-7H2,(H,17,18). The highest BCUT2D eigenvalue weighted by Gasteiger charge is 2.17. The predicted octanol–water partition coefficient (Wildman–Crippen LogP) is 2.97. The number of nitrogens with one attached hydrogen (secondary N) is 2. The number of amides is 1. The van der Waals surface area contributed by atoms with E-state index >= 15 is 0 Å². The lowest BCUT2D eigenvalue weighted by Crippen LogP contribution is -2.35. The summed E-state index contributed by atoms with van der Waals surface area (Å²) in [6, 6.07) is 5.56. The highest BCUT2D eigenvalue weighted by atomic mass is 79.9. The molecule has 1 fully saturated rings. The SMILES string of the molecule is O=C(NC1CCCNCC1)c1ccc(Br)cc1Cl. The third-order valence-electron chi connectivity index (χ3n) is 3.09. The zero-order valence-electron chi connectivity index (χ0n) is 10.0. The lowest BCUT2D eigenvalue weighted by atomic mass is 10.1. The molecule has 1 aromatic carbocycles. The van der Waals surface area contributed by atoms with Crippen molar-refractivity contribution in [2.45, 2.75) is 25.3 Å². The summed E-state index contributed by atoms with van der Waals surface area (Å²) in [5.41, 5.74) is 0.539. The van der Waals surface area contributed by atoms with Gasteiger partial charge in [0.2, 0.25) is 0 Å². The molecule has 2 N–H and O–H groups in total. The maximum atomic E-state index is 12.1. The van der Waals surface area contributed by atoms with Gasteiger partial charge in [-0.25, -0.2) is 0 Å². The molecule has 3 nitrogen and oxygen atoms in total. The van der Waals surface area contributed by atoms with Crippen molar-refractivity contribution in [2.24, 2.45) is 0 Å². The zero-order chi connectivity index (χ0) is 13.0. The minimum Gasteiger partial charge on any atom is -0.349 e. The zero-order valence-corrected chi connectivity index (χ0v) is 12.4. The molecule has 1 amide bonds. The monoisotopic (exact) mass is 330 g/mol. The Balaban J connectivity index is 2.02. The average molecular weight is 332 g/mol. The van der Waals surface area contributed by atoms with Gasteiger partial charge in [0.25, 0.3) is 5.91 Å². The van der Waals surface area contributed by atoms with Crippen LogP contribution in [0.2, 0.25) is 5.02 Å². The molecule has 5 heteroatoms. The largest absolute Gasteiger partial charge is 0.349 e. The van der Waals surface area contributed by atoms with Crippen molar-refractivity contribution < 1.29 is 4.79 Å². The van der Waals surface area contributed by atoms with E-state index in [2.05, 4.69) is 26.6 Å². The Bertz CT molecular complexity index is 431. The van der Waals surface area contributed by atoms with Gasteiger partial charge in [0.05, 0.1) is 10.6 Å². The van der Waals surface area contributed by atoms with Crippen LogP contribution in [0.25, 0.3) is 0 Å². The number of halogens is 2. The number of carbonyl (C=O) groups is 1. The van der Waals surface area contributed by atoms with E-state index in [0.717, 1.165) is 36.8 Å². The summed E-state index contributed by atoms with van der Waals surface area (Å²) in [6.07, 6.45) is 3.09. The van der Waals surface area contributed by atoms with Gasteiger partial charge < -0.3 is 10.6 Å². The molecule has 98 valence electrons. The normalized spacial score (nSPS) is 20.2. The van der Waals surface area contributed by atoms with Crippen LogP contribution in [0, 0.1) is 0 Å². The lowest BCUT2D eigenvalue weighted by Gasteiger charge is -2.16. The van der Waals surface area contributed by atoms with Crippen LogP contribution in [0.4, 0.5) is 0 Å². The minimum atomic E-state index is -0.0839. The van der Waals surface area contributed by atoms with Gasteiger partial charge >= 0.3 is 0 Å². The van der Waals surface area contributed by atoms with Crippen molar-refractivity contribution >= 4 is 33.4 Å². The first-order valence-corrected chi connectivity index (χ1v) is 7.30. The number of carbonyl (C=O) groups excluding carboxylic acids is 1. The third kappa shape index (κ3) is 3.70. The van der Waals surface area contributed by atoms with E-state index in [4.69, 9.17) is 11.6 Å². The van der Waals surface area contributed by atoms with Gasteiger partial charge in [-0.1, -0.05) is 27.5 Å². The molecule has 18 heavy (non-hydrogen) atoms. The predicted molar refractivity (Wildman–Crippen MR) is 77.1 cm³/mol. The summed E-state index contributed by atoms with van der Waals surface area (Å²) in [5.74, 6) is -0.0839. The van der Waals surface area contributed by atoms with Crippen LogP contribution in [0.5, 0.6) is 0 Å². The van der Waals surface area contributed by atoms with Crippen molar-refractivity contribution in [3.63, 3.8) is 0 Å². The van der Waals surface area contributed by atoms with E-state index in [1.54, 1.807) is 12.1 Å². The number of rotatable bonds is 2. The number of benzene rings is 1. The van der Waals surface area contributed by atoms with E-state index < -0.39 is 0 Å². The summed E-state index contributed by atoms with van der Waals surface area (Å²) < 4.78 is 0.878. The summed E-state index contributed by atoms with van der Waals surface area (Å²) in [7, 11) is 0. The fourth-order valence-corrected chi connectivity index (χ4v) is 2.86. The quantitative estimate of drug-likeness (QED) is 0.875. The van der Waals surface area contributed by atoms with Gasteiger partial charge in [0.1, 0.15) is 0 Å². The molecule has 1 atom stereocenters. The second-order valence-corrected chi connectivity index (χ2v) is 5.80. The molecule has 2 rings (SSSR count). The molecule has 1 unspecified atom stereocenters. The van der Waals surface area contributed by atoms with Crippen molar-refractivity contribution in [2.75, 3.05) is 13.1 Å². The van der Waals surface area contributed by atoms with Crippen LogP contribution in [-0.4, -0.2) is 25.0 Å². The Hall–Kier alpha value is -0.580. The van der Waals surface area contributed by atoms with E-state index in [1.807, 2.05) is 6.07 Å². The first-order chi connectivity index (χ1) is 8.66. The summed E-state index contributed by atoms with van der Waals surface area (Å²) in [4.78, 5) is 12.1. The molecule has 0 radical (unpaired) electrons. The Morgan fingerprint density at radius 3 is 3.00 bits per heavy atom. The van der Waals surface area contributed by atoms with Gasteiger partial charge in [0.15, 0.2) is 0 Å². The maximum Gasteiger partial charge on any atom is 0.253 e. The van der Waals surface area contributed by atoms with Crippen molar-refractivity contribution in [1.82, 2.24) is 10.6 Å². The maximum absolute atomic E-state index is 12.1. The lowest BCUT2D eigenvalue weighted by molar-refractivity contribution is 0.0934. The molecule has 1 saturated heterocycles. The molecule has 0 aliphatic carbocycles. The Kier molecular flexibility index (Phi) is 5.03. The van der Waals surface area contributed by atoms with Gasteiger partial charge in [-0.15, -0.1) is 0 Å². The van der Waals surface area contributed by atoms with Gasteiger partial charge in [-0.05, 0) is 50.6 Å². The van der Waals surface area contributed by atoms with Gasteiger partial charge in [0, 0.05) is 10.5 Å². The van der Waals surface area contributed by atoms with E-state index in [9.17, 15) is 4.79 Å². The number of hydrogen-bond donors (Lipinski definition) is 2. The first-order valence-electron chi connectivity index (χ1n) is 6.13.